The maximum absolute atomic E-state index is 13.6. The van der Waals surface area contributed by atoms with Gasteiger partial charge >= 0.3 is 6.18 Å². The van der Waals surface area contributed by atoms with Crippen molar-refractivity contribution in [2.75, 3.05) is 13.7 Å². The van der Waals surface area contributed by atoms with E-state index in [-0.39, 0.29) is 30.6 Å². The molecule has 0 N–H and O–H groups in total. The molecule has 1 aromatic heterocycles. The smallest absolute Gasteiger partial charge is 0.372 e. The van der Waals surface area contributed by atoms with Crippen LogP contribution in [0, 0.1) is 16.7 Å². The summed E-state index contributed by atoms with van der Waals surface area (Å²) in [5, 5.41) is 13.7. The summed E-state index contributed by atoms with van der Waals surface area (Å²) in [4.78, 5) is 0. The minimum Gasteiger partial charge on any atom is -0.372 e. The van der Waals surface area contributed by atoms with E-state index in [0.29, 0.717) is 24.3 Å². The van der Waals surface area contributed by atoms with Crippen molar-refractivity contribution in [3.05, 3.63) is 88.2 Å². The molecule has 1 fully saturated rings. The van der Waals surface area contributed by atoms with Gasteiger partial charge in [-0.1, -0.05) is 49.4 Å². The van der Waals surface area contributed by atoms with Gasteiger partial charge in [-0.3, -0.25) is 0 Å². The molecule has 0 spiro atoms. The number of benzene rings is 2. The van der Waals surface area contributed by atoms with E-state index < -0.39 is 11.7 Å². The van der Waals surface area contributed by atoms with Crippen molar-refractivity contribution < 1.29 is 22.6 Å². The highest BCUT2D eigenvalue weighted by Gasteiger charge is 2.46. The van der Waals surface area contributed by atoms with Gasteiger partial charge in [0, 0.05) is 19.6 Å². The molecule has 0 amide bonds. The van der Waals surface area contributed by atoms with Crippen LogP contribution in [0.1, 0.15) is 65.4 Å². The topological polar surface area (TPSA) is 60.1 Å². The average Bonchev–Trinajstić information content (AvgIpc) is 3.46. The quantitative estimate of drug-likeness (QED) is 0.370. The van der Waals surface area contributed by atoms with E-state index in [9.17, 15) is 13.2 Å². The summed E-state index contributed by atoms with van der Waals surface area (Å²) in [6.07, 6.45) is -1.08. The normalized spacial score (nSPS) is 23.4. The Kier molecular flexibility index (Phi) is 6.69. The molecule has 2 aromatic carbocycles. The summed E-state index contributed by atoms with van der Waals surface area (Å²) < 4.78 is 54.0. The molecule has 2 heterocycles. The van der Waals surface area contributed by atoms with E-state index >= 15 is 0 Å². The van der Waals surface area contributed by atoms with Crippen LogP contribution in [0.25, 0.3) is 11.6 Å². The summed E-state index contributed by atoms with van der Waals surface area (Å²) in [5.74, 6) is -0.101. The number of alkyl halides is 3. The van der Waals surface area contributed by atoms with Gasteiger partial charge in [-0.25, -0.2) is 4.68 Å². The summed E-state index contributed by atoms with van der Waals surface area (Å²) in [6.45, 7) is 2.93. The highest BCUT2D eigenvalue weighted by atomic mass is 19.4. The van der Waals surface area contributed by atoms with E-state index in [1.807, 2.05) is 30.3 Å². The fourth-order valence-corrected chi connectivity index (χ4v) is 5.81. The van der Waals surface area contributed by atoms with Gasteiger partial charge in [-0.15, -0.1) is 0 Å². The number of hydrogen-bond acceptors (Lipinski definition) is 4. The van der Waals surface area contributed by atoms with Gasteiger partial charge in [0.1, 0.15) is 6.73 Å². The van der Waals surface area contributed by atoms with Crippen LogP contribution in [-0.2, 0) is 28.8 Å². The fraction of sp³-hybridized carbons (Fsp3) is 0.379. The molecule has 5 nitrogen and oxygen atoms in total. The molecular formula is C29H28F3N3O2. The zero-order valence-corrected chi connectivity index (χ0v) is 20.8. The van der Waals surface area contributed by atoms with Crippen molar-refractivity contribution >= 4 is 11.6 Å². The zero-order valence-electron chi connectivity index (χ0n) is 20.8. The molecule has 0 bridgehead atoms. The van der Waals surface area contributed by atoms with Crippen molar-refractivity contribution in [1.82, 2.24) is 9.78 Å². The van der Waals surface area contributed by atoms with E-state index in [4.69, 9.17) is 14.7 Å². The Morgan fingerprint density at radius 3 is 2.76 bits per heavy atom. The number of fused-ring (bicyclic) bond motifs is 1. The first-order valence-electron chi connectivity index (χ1n) is 12.3. The third-order valence-electron chi connectivity index (χ3n) is 7.50. The Labute approximate surface area is 214 Å². The predicted molar refractivity (Wildman–Crippen MR) is 133 cm³/mol. The second kappa shape index (κ2) is 9.81. The lowest BCUT2D eigenvalue weighted by Gasteiger charge is -2.44. The second-order valence-electron chi connectivity index (χ2n) is 10.0. The predicted octanol–water partition coefficient (Wildman–Crippen LogP) is 6.77. The van der Waals surface area contributed by atoms with Crippen molar-refractivity contribution in [2.24, 2.45) is 5.41 Å². The molecule has 37 heavy (non-hydrogen) atoms. The van der Waals surface area contributed by atoms with Gasteiger partial charge in [0.05, 0.1) is 35.5 Å². The van der Waals surface area contributed by atoms with Crippen LogP contribution in [0.3, 0.4) is 0 Å². The number of nitrogens with zero attached hydrogens (tertiary/aromatic N) is 3. The lowest BCUT2D eigenvalue weighted by molar-refractivity contribution is -0.137. The van der Waals surface area contributed by atoms with Crippen molar-refractivity contribution in [2.45, 2.75) is 51.1 Å². The van der Waals surface area contributed by atoms with Crippen molar-refractivity contribution in [3.63, 3.8) is 0 Å². The molecule has 1 aliphatic heterocycles. The number of ether oxygens (including phenoxy) is 2. The highest BCUT2D eigenvalue weighted by molar-refractivity contribution is 5.92. The highest BCUT2D eigenvalue weighted by Crippen LogP contribution is 2.58. The first-order chi connectivity index (χ1) is 17.7. The van der Waals surface area contributed by atoms with Gasteiger partial charge in [0.15, 0.2) is 0 Å². The Bertz CT molecular complexity index is 1370. The molecule has 3 atom stereocenters. The van der Waals surface area contributed by atoms with E-state index in [1.165, 1.54) is 12.1 Å². The van der Waals surface area contributed by atoms with Crippen LogP contribution in [-0.4, -0.2) is 23.5 Å². The molecule has 1 aliphatic carbocycles. The second-order valence-corrected chi connectivity index (χ2v) is 10.0. The number of halogens is 3. The number of hydrogen-bond donors (Lipinski definition) is 0. The van der Waals surface area contributed by atoms with Crippen molar-refractivity contribution in [3.8, 4) is 6.07 Å². The molecule has 1 saturated heterocycles. The molecule has 5 rings (SSSR count). The minimum absolute atomic E-state index is 0.101. The largest absolute Gasteiger partial charge is 0.416 e. The Hall–Kier alpha value is -3.41. The van der Waals surface area contributed by atoms with Gasteiger partial charge in [-0.05, 0) is 58.7 Å². The third kappa shape index (κ3) is 4.81. The van der Waals surface area contributed by atoms with Gasteiger partial charge in [-0.2, -0.15) is 23.5 Å². The molecule has 192 valence electrons. The maximum atomic E-state index is 13.6. The van der Waals surface area contributed by atoms with Crippen molar-refractivity contribution in [1.29, 1.82) is 5.26 Å². The van der Waals surface area contributed by atoms with Gasteiger partial charge in [0.25, 0.3) is 0 Å². The summed E-state index contributed by atoms with van der Waals surface area (Å²) in [6, 6.07) is 17.7. The van der Waals surface area contributed by atoms with Crippen LogP contribution < -0.4 is 0 Å². The first-order valence-corrected chi connectivity index (χ1v) is 12.3. The van der Waals surface area contributed by atoms with Crippen LogP contribution >= 0.6 is 0 Å². The Balaban J connectivity index is 1.54. The monoisotopic (exact) mass is 507 g/mol. The molecule has 0 saturated carbocycles. The lowest BCUT2D eigenvalue weighted by Crippen LogP contribution is -2.35. The lowest BCUT2D eigenvalue weighted by atomic mass is 9.64. The zero-order chi connectivity index (χ0) is 26.2. The summed E-state index contributed by atoms with van der Waals surface area (Å²) >= 11 is 0. The molecule has 3 unspecified atom stereocenters. The summed E-state index contributed by atoms with van der Waals surface area (Å²) in [7, 11) is 1.59. The van der Waals surface area contributed by atoms with Gasteiger partial charge < -0.3 is 9.47 Å². The average molecular weight is 508 g/mol. The van der Waals surface area contributed by atoms with E-state index in [1.54, 1.807) is 17.9 Å². The van der Waals surface area contributed by atoms with Crippen LogP contribution in [0.15, 0.2) is 54.6 Å². The molecular weight excluding hydrogens is 479 g/mol. The maximum Gasteiger partial charge on any atom is 0.416 e. The van der Waals surface area contributed by atoms with Crippen LogP contribution in [0.2, 0.25) is 0 Å². The first kappa shape index (κ1) is 25.2. The molecule has 8 heteroatoms. The van der Waals surface area contributed by atoms with Gasteiger partial charge in [0.2, 0.25) is 0 Å². The van der Waals surface area contributed by atoms with Crippen LogP contribution in [0.4, 0.5) is 13.2 Å². The van der Waals surface area contributed by atoms with E-state index in [2.05, 4.69) is 24.2 Å². The summed E-state index contributed by atoms with van der Waals surface area (Å²) in [5.41, 5.74) is 4.18. The third-order valence-corrected chi connectivity index (χ3v) is 7.50. The van der Waals surface area contributed by atoms with Crippen LogP contribution in [0.5, 0.6) is 0 Å². The number of rotatable bonds is 6. The number of aromatic nitrogens is 2. The number of nitriles is 1. The Morgan fingerprint density at radius 2 is 2.00 bits per heavy atom. The fourth-order valence-electron chi connectivity index (χ4n) is 5.81. The Morgan fingerprint density at radius 1 is 1.19 bits per heavy atom. The molecule has 3 aromatic rings. The standard InChI is InChI=1S/C29H28F3N3O2/c1-28(11-13-37-26(17-28)25-16-22(10-12-33)34-35(25)18-36-2)27-23-9-4-3-6-20(23)15-24(27)19-7-5-8-21(14-19)29(30,31)32/h3-9,14-16,26-27H,10-11,13,17-18H2,1-2H3. The minimum atomic E-state index is -4.41. The molecule has 0 radical (unpaired) electrons. The number of methoxy groups -OCH3 is 1. The number of allylic oxidation sites excluding steroid dienone is 1. The molecule has 2 aliphatic rings. The van der Waals surface area contributed by atoms with E-state index in [0.717, 1.165) is 34.9 Å². The SMILES string of the molecule is COCn1nc(CC#N)cc1C1CC(C)(C2C(c3cccc(C(F)(F)F)c3)=Cc3ccccc32)CCO1.